The van der Waals surface area contributed by atoms with E-state index in [-0.39, 0.29) is 11.5 Å². The monoisotopic (exact) mass is 362 g/mol. The Morgan fingerprint density at radius 2 is 2.00 bits per heavy atom. The molecule has 0 aliphatic rings. The van der Waals surface area contributed by atoms with E-state index in [1.54, 1.807) is 6.21 Å². The Labute approximate surface area is 157 Å². The fraction of sp³-hybridized carbons (Fsp3) is 0.190. The van der Waals surface area contributed by atoms with E-state index in [0.717, 1.165) is 29.7 Å². The second kappa shape index (κ2) is 9.33. The van der Waals surface area contributed by atoms with E-state index < -0.39 is 0 Å². The van der Waals surface area contributed by atoms with Gasteiger partial charge >= 0.3 is 0 Å². The van der Waals surface area contributed by atoms with E-state index in [0.29, 0.717) is 12.3 Å². The highest BCUT2D eigenvalue weighted by molar-refractivity contribution is 5.80. The molecule has 138 valence electrons. The standard InChI is InChI=1S/C21H22N4O2/c1-2-3-12-27-18-11-7-8-16(13-18)15-22-25-21-23-19(14-20(26)24-21)17-9-5-4-6-10-17/h4-11,13-15H,2-3,12H2,1H3,(H2,23,24,25,26)/b22-15+. The minimum absolute atomic E-state index is 0.243. The summed E-state index contributed by atoms with van der Waals surface area (Å²) in [6.45, 7) is 2.83. The summed E-state index contributed by atoms with van der Waals surface area (Å²) >= 11 is 0. The van der Waals surface area contributed by atoms with Gasteiger partial charge in [0.2, 0.25) is 5.95 Å². The second-order valence-electron chi connectivity index (χ2n) is 5.99. The van der Waals surface area contributed by atoms with Crippen LogP contribution in [-0.4, -0.2) is 22.8 Å². The van der Waals surface area contributed by atoms with Crippen LogP contribution < -0.4 is 15.7 Å². The van der Waals surface area contributed by atoms with Crippen LogP contribution in [-0.2, 0) is 0 Å². The number of aromatic amines is 1. The third-order valence-electron chi connectivity index (χ3n) is 3.82. The molecule has 2 aromatic carbocycles. The van der Waals surface area contributed by atoms with Gasteiger partial charge in [0, 0.05) is 11.6 Å². The number of anilines is 1. The summed E-state index contributed by atoms with van der Waals surface area (Å²) < 4.78 is 5.69. The number of aromatic nitrogens is 2. The molecule has 0 aliphatic heterocycles. The van der Waals surface area contributed by atoms with Crippen LogP contribution in [0.25, 0.3) is 11.3 Å². The Kier molecular flexibility index (Phi) is 6.35. The van der Waals surface area contributed by atoms with Crippen molar-refractivity contribution < 1.29 is 4.74 Å². The van der Waals surface area contributed by atoms with Crippen molar-refractivity contribution in [1.82, 2.24) is 9.97 Å². The molecule has 0 radical (unpaired) electrons. The summed E-state index contributed by atoms with van der Waals surface area (Å²) in [5, 5.41) is 4.16. The van der Waals surface area contributed by atoms with Crippen LogP contribution in [0.15, 0.2) is 70.6 Å². The number of hydrogen-bond acceptors (Lipinski definition) is 5. The molecule has 6 nitrogen and oxygen atoms in total. The van der Waals surface area contributed by atoms with Gasteiger partial charge in [-0.15, -0.1) is 0 Å². The highest BCUT2D eigenvalue weighted by Gasteiger charge is 2.03. The molecule has 0 aliphatic carbocycles. The summed E-state index contributed by atoms with van der Waals surface area (Å²) in [4.78, 5) is 18.9. The SMILES string of the molecule is CCCCOc1cccc(/C=N/Nc2nc(-c3ccccc3)cc(=O)[nH]2)c1. The van der Waals surface area contributed by atoms with Gasteiger partial charge in [0.05, 0.1) is 18.5 Å². The van der Waals surface area contributed by atoms with Crippen molar-refractivity contribution in [1.29, 1.82) is 0 Å². The zero-order chi connectivity index (χ0) is 18.9. The van der Waals surface area contributed by atoms with E-state index in [1.807, 2.05) is 54.6 Å². The lowest BCUT2D eigenvalue weighted by molar-refractivity contribution is 0.309. The number of hydrazone groups is 1. The van der Waals surface area contributed by atoms with E-state index in [4.69, 9.17) is 4.74 Å². The minimum atomic E-state index is -0.243. The first-order valence-electron chi connectivity index (χ1n) is 8.93. The molecule has 27 heavy (non-hydrogen) atoms. The molecule has 6 heteroatoms. The fourth-order valence-corrected chi connectivity index (χ4v) is 2.45. The quantitative estimate of drug-likeness (QED) is 0.360. The van der Waals surface area contributed by atoms with Gasteiger partial charge in [-0.05, 0) is 24.1 Å². The summed E-state index contributed by atoms with van der Waals surface area (Å²) in [5.41, 5.74) is 4.88. The van der Waals surface area contributed by atoms with Crippen molar-refractivity contribution in [3.8, 4) is 17.0 Å². The predicted molar refractivity (Wildman–Crippen MR) is 108 cm³/mol. The maximum Gasteiger partial charge on any atom is 0.252 e. The molecular formula is C21H22N4O2. The highest BCUT2D eigenvalue weighted by Crippen LogP contribution is 2.15. The molecule has 0 spiro atoms. The van der Waals surface area contributed by atoms with E-state index >= 15 is 0 Å². The summed E-state index contributed by atoms with van der Waals surface area (Å²) in [5.74, 6) is 1.10. The average molecular weight is 362 g/mol. The van der Waals surface area contributed by atoms with E-state index in [9.17, 15) is 4.79 Å². The minimum Gasteiger partial charge on any atom is -0.494 e. The second-order valence-corrected chi connectivity index (χ2v) is 5.99. The van der Waals surface area contributed by atoms with Crippen molar-refractivity contribution in [2.75, 3.05) is 12.0 Å². The van der Waals surface area contributed by atoms with Gasteiger partial charge in [0.1, 0.15) is 5.75 Å². The zero-order valence-corrected chi connectivity index (χ0v) is 15.2. The Hall–Kier alpha value is -3.41. The van der Waals surface area contributed by atoms with Gasteiger partial charge in [-0.3, -0.25) is 9.78 Å². The highest BCUT2D eigenvalue weighted by atomic mass is 16.5. The number of rotatable bonds is 8. The van der Waals surface area contributed by atoms with Gasteiger partial charge < -0.3 is 4.74 Å². The van der Waals surface area contributed by atoms with Crippen LogP contribution in [0.5, 0.6) is 5.75 Å². The first kappa shape index (κ1) is 18.4. The number of nitrogens with zero attached hydrogens (tertiary/aromatic N) is 2. The van der Waals surface area contributed by atoms with Crippen molar-refractivity contribution in [2.24, 2.45) is 5.10 Å². The van der Waals surface area contributed by atoms with Gasteiger partial charge in [-0.2, -0.15) is 5.10 Å². The third-order valence-corrected chi connectivity index (χ3v) is 3.82. The number of H-pyrrole nitrogens is 1. The average Bonchev–Trinajstić information content (AvgIpc) is 2.69. The van der Waals surface area contributed by atoms with Gasteiger partial charge in [0.25, 0.3) is 5.56 Å². The van der Waals surface area contributed by atoms with Gasteiger partial charge in [-0.1, -0.05) is 55.8 Å². The van der Waals surface area contributed by atoms with E-state index in [2.05, 4.69) is 27.4 Å². The first-order valence-corrected chi connectivity index (χ1v) is 8.93. The largest absolute Gasteiger partial charge is 0.494 e. The lowest BCUT2D eigenvalue weighted by Gasteiger charge is -2.06. The number of unbranched alkanes of at least 4 members (excludes halogenated alkanes) is 1. The molecule has 0 fully saturated rings. The molecule has 3 rings (SSSR count). The Balaban J connectivity index is 1.69. The molecule has 2 N–H and O–H groups in total. The molecule has 0 atom stereocenters. The number of nitrogens with one attached hydrogen (secondary N) is 2. The van der Waals surface area contributed by atoms with Crippen molar-refractivity contribution in [3.63, 3.8) is 0 Å². The molecule has 3 aromatic rings. The van der Waals surface area contributed by atoms with Crippen LogP contribution in [0, 0.1) is 0 Å². The predicted octanol–water partition coefficient (Wildman–Crippen LogP) is 4.06. The van der Waals surface area contributed by atoms with Crippen LogP contribution in [0.4, 0.5) is 5.95 Å². The number of ether oxygens (including phenoxy) is 1. The molecule has 0 saturated heterocycles. The number of benzene rings is 2. The molecule has 0 saturated carbocycles. The van der Waals surface area contributed by atoms with Crippen molar-refractivity contribution in [2.45, 2.75) is 19.8 Å². The van der Waals surface area contributed by atoms with Gasteiger partial charge in [-0.25, -0.2) is 10.4 Å². The van der Waals surface area contributed by atoms with Crippen LogP contribution in [0.2, 0.25) is 0 Å². The Morgan fingerprint density at radius 3 is 2.81 bits per heavy atom. The van der Waals surface area contributed by atoms with Crippen LogP contribution in [0.3, 0.4) is 0 Å². The smallest absolute Gasteiger partial charge is 0.252 e. The molecule has 0 unspecified atom stereocenters. The van der Waals surface area contributed by atoms with Crippen molar-refractivity contribution >= 4 is 12.2 Å². The lowest BCUT2D eigenvalue weighted by atomic mass is 10.1. The molecule has 0 amide bonds. The Bertz CT molecular complexity index is 952. The molecule has 1 aromatic heterocycles. The maximum absolute atomic E-state index is 11.9. The van der Waals surface area contributed by atoms with Crippen molar-refractivity contribution in [3.05, 3.63) is 76.6 Å². The summed E-state index contributed by atoms with van der Waals surface area (Å²) in [7, 11) is 0. The molecule has 1 heterocycles. The van der Waals surface area contributed by atoms with Gasteiger partial charge in [0.15, 0.2) is 0 Å². The van der Waals surface area contributed by atoms with E-state index in [1.165, 1.54) is 6.07 Å². The summed E-state index contributed by atoms with van der Waals surface area (Å²) in [6, 6.07) is 18.7. The summed E-state index contributed by atoms with van der Waals surface area (Å²) in [6.07, 6.45) is 3.77. The van der Waals surface area contributed by atoms with Crippen LogP contribution in [0.1, 0.15) is 25.3 Å². The first-order chi connectivity index (χ1) is 13.2. The molecule has 0 bridgehead atoms. The third kappa shape index (κ3) is 5.54. The zero-order valence-electron chi connectivity index (χ0n) is 15.2. The lowest BCUT2D eigenvalue weighted by Crippen LogP contribution is -2.10. The number of hydrogen-bond donors (Lipinski definition) is 2. The molecular weight excluding hydrogens is 340 g/mol. The topological polar surface area (TPSA) is 79.4 Å². The Morgan fingerprint density at radius 1 is 1.15 bits per heavy atom. The van der Waals surface area contributed by atoms with Crippen LogP contribution >= 0.6 is 0 Å². The maximum atomic E-state index is 11.9. The normalized spacial score (nSPS) is 10.9. The fourth-order valence-electron chi connectivity index (χ4n) is 2.45.